The molecule has 1 atom stereocenters. The monoisotopic (exact) mass is 338 g/mol. The van der Waals surface area contributed by atoms with Crippen LogP contribution in [-0.4, -0.2) is 40.6 Å². The van der Waals surface area contributed by atoms with E-state index in [9.17, 15) is 9.59 Å². The van der Waals surface area contributed by atoms with Gasteiger partial charge in [0.15, 0.2) is 0 Å². The molecular formula is C16H26N4O4. The molecule has 1 aromatic rings. The Balaban J connectivity index is 2.06. The standard InChI is InChI=1S/C16H26N4O4/c1-3-7-11(13(21)14-20-19-12(24-14)10-23-2)18-15(22)16(17)8-5-4-6-9-16/h11H,3-10,17H2,1-2H3,(H,18,22)/t11-/m0/s1. The minimum absolute atomic E-state index is 0.115. The van der Waals surface area contributed by atoms with E-state index in [0.717, 1.165) is 25.7 Å². The summed E-state index contributed by atoms with van der Waals surface area (Å²) < 4.78 is 10.2. The lowest BCUT2D eigenvalue weighted by atomic mass is 9.81. The van der Waals surface area contributed by atoms with Gasteiger partial charge in [0.2, 0.25) is 17.6 Å². The minimum atomic E-state index is -0.888. The molecule has 0 saturated heterocycles. The van der Waals surface area contributed by atoms with Gasteiger partial charge in [-0.1, -0.05) is 32.6 Å². The summed E-state index contributed by atoms with van der Waals surface area (Å²) in [6, 6.07) is -0.708. The highest BCUT2D eigenvalue weighted by Gasteiger charge is 2.37. The number of ether oxygens (including phenoxy) is 1. The molecule has 1 aromatic heterocycles. The van der Waals surface area contributed by atoms with Crippen molar-refractivity contribution in [2.45, 2.75) is 70.1 Å². The number of ketones is 1. The summed E-state index contributed by atoms with van der Waals surface area (Å²) in [4.78, 5) is 25.2. The van der Waals surface area contributed by atoms with Gasteiger partial charge >= 0.3 is 0 Å². The summed E-state index contributed by atoms with van der Waals surface area (Å²) in [5.74, 6) is -0.550. The first kappa shape index (κ1) is 18.5. The van der Waals surface area contributed by atoms with Gasteiger partial charge in [-0.25, -0.2) is 0 Å². The first-order chi connectivity index (χ1) is 11.5. The average molecular weight is 338 g/mol. The van der Waals surface area contributed by atoms with Gasteiger partial charge in [-0.2, -0.15) is 0 Å². The average Bonchev–Trinajstić information content (AvgIpc) is 3.03. The normalized spacial score (nSPS) is 18.1. The zero-order valence-corrected chi connectivity index (χ0v) is 14.3. The molecule has 1 saturated carbocycles. The number of aromatic nitrogens is 2. The fourth-order valence-corrected chi connectivity index (χ4v) is 2.95. The minimum Gasteiger partial charge on any atom is -0.416 e. The van der Waals surface area contributed by atoms with Crippen LogP contribution in [0.4, 0.5) is 0 Å². The van der Waals surface area contributed by atoms with E-state index in [1.165, 1.54) is 7.11 Å². The molecule has 0 radical (unpaired) electrons. The molecule has 1 aliphatic carbocycles. The van der Waals surface area contributed by atoms with Crippen molar-refractivity contribution in [3.8, 4) is 0 Å². The van der Waals surface area contributed by atoms with Crippen LogP contribution < -0.4 is 11.1 Å². The van der Waals surface area contributed by atoms with Gasteiger partial charge in [-0.3, -0.25) is 9.59 Å². The number of nitrogens with two attached hydrogens (primary N) is 1. The van der Waals surface area contributed by atoms with E-state index in [1.807, 2.05) is 6.92 Å². The fourth-order valence-electron chi connectivity index (χ4n) is 2.95. The van der Waals surface area contributed by atoms with Gasteiger partial charge in [0.25, 0.3) is 5.89 Å². The molecule has 0 aromatic carbocycles. The van der Waals surface area contributed by atoms with Crippen molar-refractivity contribution in [2.24, 2.45) is 5.73 Å². The van der Waals surface area contributed by atoms with Crippen LogP contribution in [0.3, 0.4) is 0 Å². The highest BCUT2D eigenvalue weighted by molar-refractivity contribution is 5.99. The van der Waals surface area contributed by atoms with E-state index in [1.54, 1.807) is 0 Å². The van der Waals surface area contributed by atoms with Gasteiger partial charge in [0.1, 0.15) is 6.61 Å². The van der Waals surface area contributed by atoms with Crippen LogP contribution in [0.5, 0.6) is 0 Å². The van der Waals surface area contributed by atoms with Crippen molar-refractivity contribution in [3.05, 3.63) is 11.8 Å². The molecule has 0 aliphatic heterocycles. The van der Waals surface area contributed by atoms with Gasteiger partial charge in [-0.05, 0) is 19.3 Å². The van der Waals surface area contributed by atoms with Crippen LogP contribution >= 0.6 is 0 Å². The molecule has 0 bridgehead atoms. The highest BCUT2D eigenvalue weighted by atomic mass is 16.5. The Labute approximate surface area is 141 Å². The molecule has 1 heterocycles. The summed E-state index contributed by atoms with van der Waals surface area (Å²) in [6.07, 6.45) is 5.46. The van der Waals surface area contributed by atoms with Crippen molar-refractivity contribution in [3.63, 3.8) is 0 Å². The zero-order chi connectivity index (χ0) is 17.6. The summed E-state index contributed by atoms with van der Waals surface area (Å²) >= 11 is 0. The number of methoxy groups -OCH3 is 1. The number of hydrogen-bond donors (Lipinski definition) is 2. The number of carbonyl (C=O) groups is 2. The van der Waals surface area contributed by atoms with E-state index in [0.29, 0.717) is 19.3 Å². The largest absolute Gasteiger partial charge is 0.416 e. The van der Waals surface area contributed by atoms with Crippen LogP contribution in [0.25, 0.3) is 0 Å². The smallest absolute Gasteiger partial charge is 0.286 e. The topological polar surface area (TPSA) is 120 Å². The lowest BCUT2D eigenvalue weighted by Crippen LogP contribution is -2.58. The Morgan fingerprint density at radius 2 is 2.04 bits per heavy atom. The Bertz CT molecular complexity index is 566. The van der Waals surface area contributed by atoms with Crippen molar-refractivity contribution in [2.75, 3.05) is 7.11 Å². The molecule has 134 valence electrons. The van der Waals surface area contributed by atoms with Crippen molar-refractivity contribution >= 4 is 11.7 Å². The summed E-state index contributed by atoms with van der Waals surface area (Å²) in [5.41, 5.74) is 5.35. The van der Waals surface area contributed by atoms with Gasteiger partial charge < -0.3 is 20.2 Å². The predicted octanol–water partition coefficient (Wildman–Crippen LogP) is 1.35. The van der Waals surface area contributed by atoms with Crippen LogP contribution in [0.15, 0.2) is 4.42 Å². The molecular weight excluding hydrogens is 312 g/mol. The number of carbonyl (C=O) groups excluding carboxylic acids is 2. The maximum absolute atomic E-state index is 12.6. The van der Waals surface area contributed by atoms with Crippen LogP contribution in [-0.2, 0) is 16.1 Å². The summed E-state index contributed by atoms with van der Waals surface area (Å²) in [5, 5.41) is 10.3. The Morgan fingerprint density at radius 1 is 1.33 bits per heavy atom. The fraction of sp³-hybridized carbons (Fsp3) is 0.750. The molecule has 0 spiro atoms. The van der Waals surface area contributed by atoms with E-state index in [4.69, 9.17) is 14.9 Å². The van der Waals surface area contributed by atoms with Crippen LogP contribution in [0.2, 0.25) is 0 Å². The molecule has 1 fully saturated rings. The zero-order valence-electron chi connectivity index (χ0n) is 14.3. The second kappa shape index (κ2) is 8.34. The van der Waals surface area contributed by atoms with Crippen molar-refractivity contribution in [1.29, 1.82) is 0 Å². The Morgan fingerprint density at radius 3 is 2.67 bits per heavy atom. The molecule has 1 amide bonds. The lowest BCUT2D eigenvalue weighted by molar-refractivity contribution is -0.128. The quantitative estimate of drug-likeness (QED) is 0.686. The number of amides is 1. The Kier molecular flexibility index (Phi) is 6.44. The van der Waals surface area contributed by atoms with E-state index in [-0.39, 0.29) is 30.1 Å². The number of Topliss-reactive ketones (excluding diaryl/α,β-unsaturated/α-hetero) is 1. The SMILES string of the molecule is CCC[C@H](NC(=O)C1(N)CCCCC1)C(=O)c1nnc(COC)o1. The second-order valence-electron chi connectivity index (χ2n) is 6.33. The number of rotatable bonds is 8. The molecule has 3 N–H and O–H groups in total. The molecule has 2 rings (SSSR count). The highest BCUT2D eigenvalue weighted by Crippen LogP contribution is 2.26. The number of nitrogens with one attached hydrogen (secondary N) is 1. The lowest BCUT2D eigenvalue weighted by Gasteiger charge is -2.33. The first-order valence-corrected chi connectivity index (χ1v) is 8.45. The maximum atomic E-state index is 12.6. The molecule has 0 unspecified atom stereocenters. The van der Waals surface area contributed by atoms with Gasteiger partial charge in [0, 0.05) is 7.11 Å². The number of hydrogen-bond acceptors (Lipinski definition) is 7. The molecule has 24 heavy (non-hydrogen) atoms. The second-order valence-corrected chi connectivity index (χ2v) is 6.33. The third kappa shape index (κ3) is 4.39. The Hall–Kier alpha value is -1.80. The molecule has 8 heteroatoms. The summed E-state index contributed by atoms with van der Waals surface area (Å²) in [7, 11) is 1.50. The maximum Gasteiger partial charge on any atom is 0.286 e. The van der Waals surface area contributed by atoms with E-state index < -0.39 is 11.6 Å². The summed E-state index contributed by atoms with van der Waals surface area (Å²) in [6.45, 7) is 2.08. The molecule has 1 aliphatic rings. The third-order valence-corrected chi connectivity index (χ3v) is 4.34. The van der Waals surface area contributed by atoms with E-state index >= 15 is 0 Å². The van der Waals surface area contributed by atoms with Crippen LogP contribution in [0.1, 0.15) is 68.4 Å². The van der Waals surface area contributed by atoms with Gasteiger partial charge in [0.05, 0.1) is 11.6 Å². The number of nitrogens with zero attached hydrogens (tertiary/aromatic N) is 2. The third-order valence-electron chi connectivity index (χ3n) is 4.34. The van der Waals surface area contributed by atoms with Gasteiger partial charge in [-0.15, -0.1) is 10.2 Å². The first-order valence-electron chi connectivity index (χ1n) is 8.45. The predicted molar refractivity (Wildman–Crippen MR) is 86.2 cm³/mol. The molecule has 8 nitrogen and oxygen atoms in total. The van der Waals surface area contributed by atoms with E-state index in [2.05, 4.69) is 15.5 Å². The van der Waals surface area contributed by atoms with Crippen LogP contribution in [0, 0.1) is 0 Å². The van der Waals surface area contributed by atoms with Crippen molar-refractivity contribution < 1.29 is 18.7 Å². The van der Waals surface area contributed by atoms with Crippen molar-refractivity contribution in [1.82, 2.24) is 15.5 Å².